The van der Waals surface area contributed by atoms with Crippen molar-refractivity contribution in [2.45, 2.75) is 38.5 Å². The Morgan fingerprint density at radius 2 is 2.04 bits per heavy atom. The summed E-state index contributed by atoms with van der Waals surface area (Å²) in [5.74, 6) is 0.000937. The van der Waals surface area contributed by atoms with E-state index in [1.165, 1.54) is 24.0 Å². The third kappa shape index (κ3) is 4.85. The number of aliphatic hydroxyl groups is 1. The monoisotopic (exact) mass is 335 g/mol. The summed E-state index contributed by atoms with van der Waals surface area (Å²) in [6, 6.07) is 0. The van der Waals surface area contributed by atoms with Gasteiger partial charge in [0.15, 0.2) is 5.96 Å². The number of nitrogens with zero attached hydrogens (tertiary/aromatic N) is 3. The third-order valence-corrected chi connectivity index (χ3v) is 3.28. The van der Waals surface area contributed by atoms with Crippen LogP contribution in [0, 0.1) is 0 Å². The van der Waals surface area contributed by atoms with Crippen molar-refractivity contribution < 1.29 is 18.3 Å². The predicted octanol–water partition coefficient (Wildman–Crippen LogP) is 1.53. The zero-order chi connectivity index (χ0) is 17.5. The van der Waals surface area contributed by atoms with Crippen molar-refractivity contribution in [2.24, 2.45) is 12.0 Å². The van der Waals surface area contributed by atoms with Crippen molar-refractivity contribution in [3.05, 3.63) is 18.2 Å². The summed E-state index contributed by atoms with van der Waals surface area (Å²) in [6.45, 7) is 4.88. The molecule has 1 rings (SSSR count). The van der Waals surface area contributed by atoms with E-state index >= 15 is 0 Å². The number of alkyl halides is 3. The average molecular weight is 335 g/mol. The maximum absolute atomic E-state index is 13.3. The third-order valence-electron chi connectivity index (χ3n) is 3.28. The summed E-state index contributed by atoms with van der Waals surface area (Å²) >= 11 is 0. The van der Waals surface area contributed by atoms with Gasteiger partial charge in [-0.3, -0.25) is 4.99 Å². The largest absolute Gasteiger partial charge is 0.424 e. The second-order valence-corrected chi connectivity index (χ2v) is 5.16. The lowest BCUT2D eigenvalue weighted by Gasteiger charge is -2.30. The first-order valence-electron chi connectivity index (χ1n) is 7.55. The minimum Gasteiger partial charge on any atom is -0.374 e. The van der Waals surface area contributed by atoms with Gasteiger partial charge in [0.1, 0.15) is 5.82 Å². The molecule has 3 N–H and O–H groups in total. The van der Waals surface area contributed by atoms with Crippen LogP contribution in [0.5, 0.6) is 0 Å². The lowest BCUT2D eigenvalue weighted by molar-refractivity contribution is -0.272. The molecule has 0 saturated carbocycles. The molecule has 23 heavy (non-hydrogen) atoms. The number of hydrogen-bond acceptors (Lipinski definition) is 3. The van der Waals surface area contributed by atoms with Crippen LogP contribution in [0.2, 0.25) is 0 Å². The molecule has 1 unspecified atom stereocenters. The highest BCUT2D eigenvalue weighted by molar-refractivity contribution is 5.79. The summed E-state index contributed by atoms with van der Waals surface area (Å²) in [5, 5.41) is 15.9. The molecule has 0 aromatic carbocycles. The van der Waals surface area contributed by atoms with Gasteiger partial charge in [-0.25, -0.2) is 4.98 Å². The molecule has 0 aliphatic rings. The molecule has 1 atom stereocenters. The Morgan fingerprint density at radius 1 is 1.35 bits per heavy atom. The van der Waals surface area contributed by atoms with E-state index in [9.17, 15) is 18.3 Å². The van der Waals surface area contributed by atoms with Crippen molar-refractivity contribution in [3.63, 3.8) is 0 Å². The van der Waals surface area contributed by atoms with Gasteiger partial charge >= 0.3 is 6.18 Å². The number of halogens is 3. The van der Waals surface area contributed by atoms with E-state index in [-0.39, 0.29) is 6.54 Å². The number of rotatable bonds is 7. The Hall–Kier alpha value is -1.77. The summed E-state index contributed by atoms with van der Waals surface area (Å²) < 4.78 is 41.2. The first-order valence-corrected chi connectivity index (χ1v) is 7.55. The van der Waals surface area contributed by atoms with Crippen molar-refractivity contribution in [3.8, 4) is 0 Å². The number of hydrogen-bond donors (Lipinski definition) is 3. The van der Waals surface area contributed by atoms with Gasteiger partial charge in [0.2, 0.25) is 5.60 Å². The first kappa shape index (κ1) is 19.3. The van der Waals surface area contributed by atoms with E-state index < -0.39 is 24.0 Å². The predicted molar refractivity (Wildman–Crippen MR) is 82.0 cm³/mol. The van der Waals surface area contributed by atoms with Crippen LogP contribution in [-0.4, -0.2) is 46.4 Å². The fourth-order valence-electron chi connectivity index (χ4n) is 2.07. The van der Waals surface area contributed by atoms with Crippen molar-refractivity contribution in [2.75, 3.05) is 19.6 Å². The molecule has 1 aromatic heterocycles. The molecule has 9 heteroatoms. The quantitative estimate of drug-likeness (QED) is 0.522. The number of aryl methyl sites for hydroxylation is 1. The molecular weight excluding hydrogens is 311 g/mol. The zero-order valence-electron chi connectivity index (χ0n) is 13.6. The van der Waals surface area contributed by atoms with Gasteiger partial charge < -0.3 is 20.3 Å². The fraction of sp³-hybridized carbons (Fsp3) is 0.714. The molecule has 6 nitrogen and oxygen atoms in total. The number of nitrogens with one attached hydrogen (secondary N) is 2. The van der Waals surface area contributed by atoms with Crippen LogP contribution in [0.25, 0.3) is 0 Å². The second kappa shape index (κ2) is 8.19. The Kier molecular flexibility index (Phi) is 6.86. The van der Waals surface area contributed by atoms with E-state index in [2.05, 4.69) is 20.6 Å². The molecule has 1 heterocycles. The molecule has 0 fully saturated rings. The second-order valence-electron chi connectivity index (χ2n) is 5.16. The Balaban J connectivity index is 2.82. The minimum atomic E-state index is -4.83. The summed E-state index contributed by atoms with van der Waals surface area (Å²) in [5.41, 5.74) is -3.01. The summed E-state index contributed by atoms with van der Waals surface area (Å²) in [4.78, 5) is 7.86. The molecule has 0 bridgehead atoms. The molecule has 0 aliphatic heterocycles. The van der Waals surface area contributed by atoms with E-state index in [1.807, 2.05) is 13.8 Å². The minimum absolute atomic E-state index is 0.0988. The Labute approximate surface area is 133 Å². The van der Waals surface area contributed by atoms with Crippen LogP contribution in [0.4, 0.5) is 13.2 Å². The van der Waals surface area contributed by atoms with Crippen LogP contribution in [0.3, 0.4) is 0 Å². The van der Waals surface area contributed by atoms with Gasteiger partial charge in [-0.15, -0.1) is 0 Å². The molecule has 0 aliphatic carbocycles. The van der Waals surface area contributed by atoms with Crippen molar-refractivity contribution >= 4 is 5.96 Å². The Bertz CT molecular complexity index is 515. The SMILES string of the molecule is CCCN=C(NCC)NCCC(O)(c1nccn1C)C(F)(F)F. The van der Waals surface area contributed by atoms with Gasteiger partial charge in [0, 0.05) is 45.5 Å². The maximum atomic E-state index is 13.3. The van der Waals surface area contributed by atoms with E-state index in [0.29, 0.717) is 19.0 Å². The van der Waals surface area contributed by atoms with Crippen LogP contribution in [-0.2, 0) is 12.6 Å². The van der Waals surface area contributed by atoms with E-state index in [4.69, 9.17) is 0 Å². The molecule has 132 valence electrons. The summed E-state index contributed by atoms with van der Waals surface area (Å²) in [6.07, 6.45) is -1.97. The maximum Gasteiger partial charge on any atom is 0.424 e. The lowest BCUT2D eigenvalue weighted by atomic mass is 9.97. The van der Waals surface area contributed by atoms with Crippen LogP contribution in [0.15, 0.2) is 17.4 Å². The number of guanidine groups is 1. The normalized spacial score (nSPS) is 15.3. The van der Waals surface area contributed by atoms with Crippen LogP contribution >= 0.6 is 0 Å². The van der Waals surface area contributed by atoms with Gasteiger partial charge in [-0.05, 0) is 13.3 Å². The average Bonchev–Trinajstić information content (AvgIpc) is 2.90. The van der Waals surface area contributed by atoms with Crippen LogP contribution in [0.1, 0.15) is 32.5 Å². The highest BCUT2D eigenvalue weighted by atomic mass is 19.4. The molecule has 0 amide bonds. The number of aliphatic imine (C=N–C) groups is 1. The number of imidazole rings is 1. The highest BCUT2D eigenvalue weighted by Gasteiger charge is 2.57. The van der Waals surface area contributed by atoms with Crippen molar-refractivity contribution in [1.82, 2.24) is 20.2 Å². The van der Waals surface area contributed by atoms with Crippen molar-refractivity contribution in [1.29, 1.82) is 0 Å². The van der Waals surface area contributed by atoms with Gasteiger partial charge in [0.25, 0.3) is 0 Å². The fourth-order valence-corrected chi connectivity index (χ4v) is 2.07. The molecule has 0 saturated heterocycles. The molecule has 1 aromatic rings. The lowest BCUT2D eigenvalue weighted by Crippen LogP contribution is -2.48. The summed E-state index contributed by atoms with van der Waals surface area (Å²) in [7, 11) is 1.42. The zero-order valence-corrected chi connectivity index (χ0v) is 13.6. The Morgan fingerprint density at radius 3 is 2.52 bits per heavy atom. The smallest absolute Gasteiger partial charge is 0.374 e. The first-order chi connectivity index (χ1) is 10.8. The van der Waals surface area contributed by atoms with Crippen LogP contribution < -0.4 is 10.6 Å². The van der Waals surface area contributed by atoms with Gasteiger partial charge in [0.05, 0.1) is 0 Å². The molecule has 0 radical (unpaired) electrons. The molecule has 0 spiro atoms. The van der Waals surface area contributed by atoms with E-state index in [1.54, 1.807) is 0 Å². The standard InChI is InChI=1S/C14H24F3N5O/c1-4-7-20-12(18-5-2)21-8-6-13(23,14(15,16)17)11-19-9-10-22(11)3/h9-10,23H,4-8H2,1-3H3,(H2,18,20,21). The number of aromatic nitrogens is 2. The topological polar surface area (TPSA) is 74.5 Å². The van der Waals surface area contributed by atoms with E-state index in [0.717, 1.165) is 6.42 Å². The molecular formula is C14H24F3N5O. The van der Waals surface area contributed by atoms with Gasteiger partial charge in [-0.1, -0.05) is 6.92 Å². The van der Waals surface area contributed by atoms with Gasteiger partial charge in [-0.2, -0.15) is 13.2 Å². The highest BCUT2D eigenvalue weighted by Crippen LogP contribution is 2.40.